The number of hydrogen-bond acceptors (Lipinski definition) is 2. The minimum Gasteiger partial charge on any atom is -0.364 e. The Labute approximate surface area is 170 Å². The normalized spacial score (nSPS) is 10.1. The predicted octanol–water partition coefficient (Wildman–Crippen LogP) is 5.83. The first kappa shape index (κ1) is 21.3. The SMILES string of the molecule is C=CCN(CC=C)c1ccc(CCc2ccc(N(CC=C)CC=C)cc2)cc1. The molecule has 2 rings (SSSR count). The molecule has 0 bridgehead atoms. The molecule has 146 valence electrons. The van der Waals surface area contributed by atoms with Crippen LogP contribution in [0.1, 0.15) is 11.1 Å². The Morgan fingerprint density at radius 2 is 0.786 bits per heavy atom. The maximum Gasteiger partial charge on any atom is 0.0372 e. The van der Waals surface area contributed by atoms with Gasteiger partial charge in [0.2, 0.25) is 0 Å². The van der Waals surface area contributed by atoms with Crippen LogP contribution in [0.5, 0.6) is 0 Å². The van der Waals surface area contributed by atoms with Crippen LogP contribution in [0, 0.1) is 0 Å². The van der Waals surface area contributed by atoms with Crippen LogP contribution in [0.25, 0.3) is 0 Å². The van der Waals surface area contributed by atoms with Gasteiger partial charge in [-0.15, -0.1) is 26.3 Å². The Morgan fingerprint density at radius 3 is 1.04 bits per heavy atom. The molecule has 0 radical (unpaired) electrons. The molecule has 2 aromatic carbocycles. The topological polar surface area (TPSA) is 6.48 Å². The molecule has 0 spiro atoms. The minimum absolute atomic E-state index is 0.826. The number of rotatable bonds is 13. The van der Waals surface area contributed by atoms with E-state index in [1.165, 1.54) is 22.5 Å². The Morgan fingerprint density at radius 1 is 0.500 bits per heavy atom. The number of nitrogens with zero attached hydrogens (tertiary/aromatic N) is 2. The molecule has 28 heavy (non-hydrogen) atoms. The van der Waals surface area contributed by atoms with Crippen LogP contribution in [0.3, 0.4) is 0 Å². The van der Waals surface area contributed by atoms with Crippen molar-refractivity contribution in [1.29, 1.82) is 0 Å². The van der Waals surface area contributed by atoms with Gasteiger partial charge in [0.1, 0.15) is 0 Å². The zero-order chi connectivity index (χ0) is 20.2. The van der Waals surface area contributed by atoms with E-state index < -0.39 is 0 Å². The van der Waals surface area contributed by atoms with Crippen molar-refractivity contribution in [3.8, 4) is 0 Å². The van der Waals surface area contributed by atoms with Gasteiger partial charge in [-0.25, -0.2) is 0 Å². The summed E-state index contributed by atoms with van der Waals surface area (Å²) >= 11 is 0. The molecular weight excluding hydrogens is 340 g/mol. The van der Waals surface area contributed by atoms with Gasteiger partial charge in [0, 0.05) is 37.6 Å². The van der Waals surface area contributed by atoms with E-state index in [0.29, 0.717) is 0 Å². The van der Waals surface area contributed by atoms with Gasteiger partial charge in [0.25, 0.3) is 0 Å². The Kier molecular flexibility index (Phi) is 8.87. The minimum atomic E-state index is 0.826. The molecule has 2 aromatic rings. The van der Waals surface area contributed by atoms with Gasteiger partial charge in [0.05, 0.1) is 0 Å². The summed E-state index contributed by atoms with van der Waals surface area (Å²) in [7, 11) is 0. The summed E-state index contributed by atoms with van der Waals surface area (Å²) in [6.45, 7) is 18.7. The molecule has 0 aromatic heterocycles. The van der Waals surface area contributed by atoms with Crippen LogP contribution >= 0.6 is 0 Å². The highest BCUT2D eigenvalue weighted by atomic mass is 15.1. The van der Waals surface area contributed by atoms with E-state index in [4.69, 9.17) is 0 Å². The molecule has 0 N–H and O–H groups in total. The standard InChI is InChI=1S/C26H32N2/c1-5-19-27(20-6-2)25-15-11-23(12-16-25)9-10-24-13-17-26(18-14-24)28(21-7-3)22-8-4/h5-8,11-18H,1-4,9-10,19-22H2. The second kappa shape index (κ2) is 11.7. The van der Waals surface area contributed by atoms with E-state index in [1.807, 2.05) is 24.3 Å². The lowest BCUT2D eigenvalue weighted by Gasteiger charge is -2.22. The fourth-order valence-electron chi connectivity index (χ4n) is 3.23. The summed E-state index contributed by atoms with van der Waals surface area (Å²) in [6, 6.07) is 17.6. The van der Waals surface area contributed by atoms with Crippen LogP contribution in [-0.2, 0) is 12.8 Å². The molecule has 0 heterocycles. The van der Waals surface area contributed by atoms with Gasteiger partial charge in [-0.1, -0.05) is 48.6 Å². The van der Waals surface area contributed by atoms with E-state index in [0.717, 1.165) is 39.0 Å². The molecular formula is C26H32N2. The second-order valence-corrected chi connectivity index (χ2v) is 6.80. The number of aryl methyl sites for hydroxylation is 2. The molecule has 0 fully saturated rings. The van der Waals surface area contributed by atoms with Crippen LogP contribution in [-0.4, -0.2) is 26.2 Å². The van der Waals surface area contributed by atoms with E-state index in [1.54, 1.807) is 0 Å². The van der Waals surface area contributed by atoms with Gasteiger partial charge >= 0.3 is 0 Å². The summed E-state index contributed by atoms with van der Waals surface area (Å²) in [5.74, 6) is 0. The first-order valence-electron chi connectivity index (χ1n) is 9.83. The molecule has 0 aliphatic carbocycles. The van der Waals surface area contributed by atoms with Gasteiger partial charge in [-0.3, -0.25) is 0 Å². The Hall–Kier alpha value is -3.00. The van der Waals surface area contributed by atoms with Crippen LogP contribution in [0.2, 0.25) is 0 Å². The lowest BCUT2D eigenvalue weighted by molar-refractivity contribution is 0.936. The molecule has 0 unspecified atom stereocenters. The summed E-state index contributed by atoms with van der Waals surface area (Å²) < 4.78 is 0. The molecule has 2 nitrogen and oxygen atoms in total. The second-order valence-electron chi connectivity index (χ2n) is 6.80. The summed E-state index contributed by atoms with van der Waals surface area (Å²) in [6.07, 6.45) is 9.76. The summed E-state index contributed by atoms with van der Waals surface area (Å²) in [5.41, 5.74) is 5.12. The van der Waals surface area contributed by atoms with E-state index in [-0.39, 0.29) is 0 Å². The fraction of sp³-hybridized carbons (Fsp3) is 0.231. The lowest BCUT2D eigenvalue weighted by Crippen LogP contribution is -2.22. The third-order valence-electron chi connectivity index (χ3n) is 4.70. The fourth-order valence-corrected chi connectivity index (χ4v) is 3.23. The van der Waals surface area contributed by atoms with Gasteiger partial charge < -0.3 is 9.80 Å². The highest BCUT2D eigenvalue weighted by Crippen LogP contribution is 2.19. The maximum atomic E-state index is 3.84. The Balaban J connectivity index is 1.96. The maximum absolute atomic E-state index is 3.84. The molecule has 2 heteroatoms. The van der Waals surface area contributed by atoms with Crippen molar-refractivity contribution in [1.82, 2.24) is 0 Å². The van der Waals surface area contributed by atoms with E-state index in [9.17, 15) is 0 Å². The quantitative estimate of drug-likeness (QED) is 0.408. The summed E-state index contributed by atoms with van der Waals surface area (Å²) in [5, 5.41) is 0. The van der Waals surface area contributed by atoms with Gasteiger partial charge in [0.15, 0.2) is 0 Å². The molecule has 0 aliphatic rings. The van der Waals surface area contributed by atoms with E-state index >= 15 is 0 Å². The monoisotopic (exact) mass is 372 g/mol. The average Bonchev–Trinajstić information content (AvgIpc) is 2.73. The number of hydrogen-bond donors (Lipinski definition) is 0. The van der Waals surface area contributed by atoms with Crippen molar-refractivity contribution >= 4 is 11.4 Å². The highest BCUT2D eigenvalue weighted by molar-refractivity contribution is 5.50. The van der Waals surface area contributed by atoms with Crippen molar-refractivity contribution in [2.75, 3.05) is 36.0 Å². The van der Waals surface area contributed by atoms with E-state index in [2.05, 4.69) is 84.6 Å². The molecule has 0 amide bonds. The first-order valence-corrected chi connectivity index (χ1v) is 9.83. The number of benzene rings is 2. The number of anilines is 2. The highest BCUT2D eigenvalue weighted by Gasteiger charge is 2.05. The Bertz CT molecular complexity index is 669. The third kappa shape index (κ3) is 6.31. The third-order valence-corrected chi connectivity index (χ3v) is 4.70. The van der Waals surface area contributed by atoms with Gasteiger partial charge in [-0.2, -0.15) is 0 Å². The molecule has 0 saturated heterocycles. The van der Waals surface area contributed by atoms with Crippen LogP contribution in [0.4, 0.5) is 11.4 Å². The molecule has 0 atom stereocenters. The summed E-state index contributed by atoms with van der Waals surface area (Å²) in [4.78, 5) is 4.50. The average molecular weight is 373 g/mol. The molecule has 0 aliphatic heterocycles. The zero-order valence-electron chi connectivity index (χ0n) is 16.9. The first-order chi connectivity index (χ1) is 13.7. The van der Waals surface area contributed by atoms with Crippen molar-refractivity contribution in [3.63, 3.8) is 0 Å². The van der Waals surface area contributed by atoms with Crippen molar-refractivity contribution in [2.24, 2.45) is 0 Å². The molecule has 0 saturated carbocycles. The van der Waals surface area contributed by atoms with Gasteiger partial charge in [-0.05, 0) is 48.2 Å². The van der Waals surface area contributed by atoms with Crippen molar-refractivity contribution < 1.29 is 0 Å². The van der Waals surface area contributed by atoms with Crippen LogP contribution < -0.4 is 9.80 Å². The lowest BCUT2D eigenvalue weighted by atomic mass is 10.0. The van der Waals surface area contributed by atoms with Crippen molar-refractivity contribution in [3.05, 3.63) is 110 Å². The van der Waals surface area contributed by atoms with Crippen molar-refractivity contribution in [2.45, 2.75) is 12.8 Å². The van der Waals surface area contributed by atoms with Crippen LogP contribution in [0.15, 0.2) is 99.2 Å². The predicted molar refractivity (Wildman–Crippen MR) is 126 cm³/mol. The zero-order valence-corrected chi connectivity index (χ0v) is 16.9. The largest absolute Gasteiger partial charge is 0.364 e. The smallest absolute Gasteiger partial charge is 0.0372 e.